The predicted octanol–water partition coefficient (Wildman–Crippen LogP) is 0.872. The summed E-state index contributed by atoms with van der Waals surface area (Å²) in [6.07, 6.45) is 1.18. The van der Waals surface area contributed by atoms with Gasteiger partial charge >= 0.3 is 17.9 Å². The molecule has 4 atom stereocenters. The number of carbonyl (C=O) groups excluding carboxylic acids is 3. The Labute approximate surface area is 170 Å². The topological polar surface area (TPSA) is 132 Å². The third-order valence-electron chi connectivity index (χ3n) is 4.09. The van der Waals surface area contributed by atoms with Gasteiger partial charge in [-0.05, 0) is 6.26 Å². The molecule has 1 saturated heterocycles. The molecule has 0 bridgehead atoms. The summed E-state index contributed by atoms with van der Waals surface area (Å²) < 4.78 is 23.1. The second-order valence-electron chi connectivity index (χ2n) is 6.25. The number of thioether (sulfide) groups is 1. The monoisotopic (exact) mass is 424 g/mol. The van der Waals surface area contributed by atoms with Gasteiger partial charge in [-0.2, -0.15) is 0 Å². The molecule has 0 unspecified atom stereocenters. The van der Waals surface area contributed by atoms with Gasteiger partial charge in [-0.15, -0.1) is 16.9 Å². The van der Waals surface area contributed by atoms with Crippen molar-refractivity contribution in [2.75, 3.05) is 12.9 Å². The lowest BCUT2D eigenvalue weighted by Gasteiger charge is -2.23. The zero-order valence-electron chi connectivity index (χ0n) is 16.2. The molecular weight excluding hydrogens is 404 g/mol. The van der Waals surface area contributed by atoms with Gasteiger partial charge in [-0.3, -0.25) is 14.4 Å². The summed E-state index contributed by atoms with van der Waals surface area (Å²) in [5.41, 5.74) is 0.432. The van der Waals surface area contributed by atoms with E-state index in [1.54, 1.807) is 6.20 Å². The average Bonchev–Trinajstić information content (AvgIpc) is 3.21. The molecule has 3 heterocycles. The first-order valence-corrected chi connectivity index (χ1v) is 9.89. The fourth-order valence-electron chi connectivity index (χ4n) is 3.03. The number of fused-ring (bicyclic) bond motifs is 1. The highest BCUT2D eigenvalue weighted by molar-refractivity contribution is 7.98. The maximum atomic E-state index is 11.7. The van der Waals surface area contributed by atoms with Gasteiger partial charge in [-0.1, -0.05) is 0 Å². The Morgan fingerprint density at radius 1 is 1.10 bits per heavy atom. The van der Waals surface area contributed by atoms with Crippen LogP contribution in [0.25, 0.3) is 11.0 Å². The van der Waals surface area contributed by atoms with E-state index >= 15 is 0 Å². The van der Waals surface area contributed by atoms with Crippen molar-refractivity contribution in [3.63, 3.8) is 0 Å². The molecule has 0 amide bonds. The Hall–Kier alpha value is -2.73. The molecule has 1 aliphatic heterocycles. The zero-order valence-corrected chi connectivity index (χ0v) is 17.0. The maximum Gasteiger partial charge on any atom is 0.303 e. The van der Waals surface area contributed by atoms with E-state index in [2.05, 4.69) is 15.1 Å². The normalized spacial score (nSPS) is 23.7. The number of rotatable bonds is 6. The van der Waals surface area contributed by atoms with Crippen molar-refractivity contribution >= 4 is 40.7 Å². The van der Waals surface area contributed by atoms with Crippen LogP contribution < -0.4 is 0 Å². The number of hydrogen-bond donors (Lipinski definition) is 0. The molecule has 0 aliphatic carbocycles. The highest BCUT2D eigenvalue weighted by Crippen LogP contribution is 2.35. The van der Waals surface area contributed by atoms with Crippen molar-refractivity contribution in [3.05, 3.63) is 12.5 Å². The molecule has 1 aliphatic rings. The van der Waals surface area contributed by atoms with Gasteiger partial charge < -0.3 is 18.9 Å². The van der Waals surface area contributed by atoms with Crippen LogP contribution in [0.15, 0.2) is 17.6 Å². The van der Waals surface area contributed by atoms with E-state index < -0.39 is 42.4 Å². The van der Waals surface area contributed by atoms with Crippen LogP contribution in [0.3, 0.4) is 0 Å². The summed E-state index contributed by atoms with van der Waals surface area (Å²) in [7, 11) is 0. The average molecular weight is 424 g/mol. The quantitative estimate of drug-likeness (QED) is 0.283. The second-order valence-corrected chi connectivity index (χ2v) is 7.04. The third-order valence-corrected chi connectivity index (χ3v) is 4.80. The van der Waals surface area contributed by atoms with Crippen molar-refractivity contribution in [2.24, 2.45) is 0 Å². The Morgan fingerprint density at radius 2 is 1.79 bits per heavy atom. The Balaban J connectivity index is 1.99. The number of esters is 3. The van der Waals surface area contributed by atoms with E-state index in [-0.39, 0.29) is 6.61 Å². The molecule has 0 spiro atoms. The Kier molecular flexibility index (Phi) is 6.33. The number of aromatic nitrogens is 4. The number of nitrogens with zero attached hydrogens (tertiary/aromatic N) is 4. The molecule has 2 aromatic heterocycles. The van der Waals surface area contributed by atoms with E-state index in [0.29, 0.717) is 11.0 Å². The molecule has 3 rings (SSSR count). The van der Waals surface area contributed by atoms with Gasteiger partial charge in [0.05, 0.1) is 5.39 Å². The summed E-state index contributed by atoms with van der Waals surface area (Å²) in [5, 5.41) is 5.80. The van der Waals surface area contributed by atoms with E-state index in [4.69, 9.17) is 18.9 Å². The molecule has 0 radical (unpaired) electrons. The molecule has 156 valence electrons. The lowest BCUT2D eigenvalue weighted by Crippen LogP contribution is -2.40. The van der Waals surface area contributed by atoms with Gasteiger partial charge in [0, 0.05) is 27.0 Å². The van der Waals surface area contributed by atoms with E-state index in [1.165, 1.54) is 43.5 Å². The van der Waals surface area contributed by atoms with Crippen LogP contribution >= 0.6 is 11.8 Å². The molecule has 1 fully saturated rings. The van der Waals surface area contributed by atoms with Crippen LogP contribution in [-0.2, 0) is 33.3 Å². The van der Waals surface area contributed by atoms with Crippen LogP contribution in [-0.4, -0.2) is 68.8 Å². The predicted molar refractivity (Wildman–Crippen MR) is 98.8 cm³/mol. The second kappa shape index (κ2) is 8.74. The third kappa shape index (κ3) is 4.65. The van der Waals surface area contributed by atoms with Crippen molar-refractivity contribution in [2.45, 2.75) is 50.3 Å². The van der Waals surface area contributed by atoms with Gasteiger partial charge in [0.25, 0.3) is 0 Å². The molecule has 0 aromatic carbocycles. The fourth-order valence-corrected chi connectivity index (χ4v) is 3.55. The lowest BCUT2D eigenvalue weighted by atomic mass is 10.1. The largest absolute Gasteiger partial charge is 0.463 e. The van der Waals surface area contributed by atoms with Crippen LogP contribution in [0, 0.1) is 0 Å². The molecule has 0 saturated carbocycles. The van der Waals surface area contributed by atoms with Crippen molar-refractivity contribution in [3.8, 4) is 0 Å². The van der Waals surface area contributed by atoms with Crippen LogP contribution in [0.4, 0.5) is 0 Å². The zero-order chi connectivity index (χ0) is 21.1. The van der Waals surface area contributed by atoms with Crippen LogP contribution in [0.5, 0.6) is 0 Å². The minimum absolute atomic E-state index is 0.182. The summed E-state index contributed by atoms with van der Waals surface area (Å²) in [6.45, 7) is 3.53. The molecule has 29 heavy (non-hydrogen) atoms. The minimum atomic E-state index is -1.00. The summed E-state index contributed by atoms with van der Waals surface area (Å²) in [6, 6.07) is 0. The van der Waals surface area contributed by atoms with E-state index in [9.17, 15) is 14.4 Å². The van der Waals surface area contributed by atoms with Crippen molar-refractivity contribution < 1.29 is 33.3 Å². The maximum absolute atomic E-state index is 11.7. The first kappa shape index (κ1) is 21.0. The standard InChI is InChI=1S/C17H20N4O7S/c1-8(22)25-6-12-13(26-9(2)23)14(27-10(3)24)17(28-12)21-5-11-15(20-21)18-7-19-16(11)29-4/h5,7,12-14,17H,6H2,1-4H3/t12-,13+,14-,17+/m0/s1. The van der Waals surface area contributed by atoms with Crippen molar-refractivity contribution in [1.29, 1.82) is 0 Å². The van der Waals surface area contributed by atoms with Gasteiger partial charge in [-0.25, -0.2) is 14.6 Å². The lowest BCUT2D eigenvalue weighted by molar-refractivity contribution is -0.166. The van der Waals surface area contributed by atoms with Crippen LogP contribution in [0.2, 0.25) is 0 Å². The Bertz CT molecular complexity index is 934. The molecule has 12 heteroatoms. The number of ether oxygens (including phenoxy) is 4. The SMILES string of the molecule is CSc1ncnc2nn([C@@H]3O[C@@H](COC(C)=O)[C@@H](OC(C)=O)[C@@H]3OC(C)=O)cc12. The molecule has 11 nitrogen and oxygen atoms in total. The summed E-state index contributed by atoms with van der Waals surface area (Å²) in [5.74, 6) is -1.70. The van der Waals surface area contributed by atoms with Crippen LogP contribution in [0.1, 0.15) is 27.0 Å². The first-order valence-electron chi connectivity index (χ1n) is 8.67. The van der Waals surface area contributed by atoms with Gasteiger partial charge in [0.1, 0.15) is 24.1 Å². The fraction of sp³-hybridized carbons (Fsp3) is 0.529. The molecular formula is C17H20N4O7S. The van der Waals surface area contributed by atoms with E-state index in [1.807, 2.05) is 6.26 Å². The summed E-state index contributed by atoms with van der Waals surface area (Å²) >= 11 is 1.43. The number of carbonyl (C=O) groups is 3. The summed E-state index contributed by atoms with van der Waals surface area (Å²) in [4.78, 5) is 42.9. The smallest absolute Gasteiger partial charge is 0.303 e. The highest BCUT2D eigenvalue weighted by atomic mass is 32.2. The minimum Gasteiger partial charge on any atom is -0.463 e. The Morgan fingerprint density at radius 3 is 2.41 bits per heavy atom. The molecule has 2 aromatic rings. The number of hydrogen-bond acceptors (Lipinski definition) is 11. The van der Waals surface area contributed by atoms with Crippen molar-refractivity contribution in [1.82, 2.24) is 19.7 Å². The van der Waals surface area contributed by atoms with Gasteiger partial charge in [0.2, 0.25) is 0 Å². The van der Waals surface area contributed by atoms with Gasteiger partial charge in [0.15, 0.2) is 24.1 Å². The highest BCUT2D eigenvalue weighted by Gasteiger charge is 2.51. The van der Waals surface area contributed by atoms with E-state index in [0.717, 1.165) is 5.03 Å². The molecule has 0 N–H and O–H groups in total. The first-order chi connectivity index (χ1) is 13.8.